The number of hydrogen-bond acceptors (Lipinski definition) is 2. The van der Waals surface area contributed by atoms with Crippen LogP contribution in [0.25, 0.3) is 0 Å². The van der Waals surface area contributed by atoms with Crippen molar-refractivity contribution in [3.63, 3.8) is 0 Å². The van der Waals surface area contributed by atoms with Crippen LogP contribution in [0.2, 0.25) is 0 Å². The van der Waals surface area contributed by atoms with Crippen molar-refractivity contribution in [2.45, 2.75) is 25.3 Å². The SMILES string of the molecule is CN1CCC2(CCN(C(=O)C(c3ccccc3)n3cccc3)CC2)C1=O. The summed E-state index contributed by atoms with van der Waals surface area (Å²) in [6, 6.07) is 13.5. The summed E-state index contributed by atoms with van der Waals surface area (Å²) in [5.74, 6) is 0.371. The van der Waals surface area contributed by atoms with Crippen LogP contribution in [-0.4, -0.2) is 52.9 Å². The maximum absolute atomic E-state index is 13.4. The largest absolute Gasteiger partial charge is 0.345 e. The second-order valence-corrected chi connectivity index (χ2v) is 7.53. The van der Waals surface area contributed by atoms with Gasteiger partial charge >= 0.3 is 0 Å². The van der Waals surface area contributed by atoms with Gasteiger partial charge in [0.2, 0.25) is 11.8 Å². The molecule has 0 aliphatic carbocycles. The first kappa shape index (κ1) is 16.9. The molecule has 2 aliphatic rings. The predicted molar refractivity (Wildman–Crippen MR) is 99.5 cm³/mol. The summed E-state index contributed by atoms with van der Waals surface area (Å²) in [5.41, 5.74) is 0.756. The highest BCUT2D eigenvalue weighted by atomic mass is 16.2. The Balaban J connectivity index is 1.54. The third-order valence-electron chi connectivity index (χ3n) is 6.03. The van der Waals surface area contributed by atoms with Gasteiger partial charge in [0.05, 0.1) is 5.41 Å². The second kappa shape index (κ2) is 6.63. The highest BCUT2D eigenvalue weighted by molar-refractivity contribution is 5.86. The zero-order valence-corrected chi connectivity index (χ0v) is 15.2. The molecule has 136 valence electrons. The minimum Gasteiger partial charge on any atom is -0.345 e. The summed E-state index contributed by atoms with van der Waals surface area (Å²) in [6.07, 6.45) is 6.35. The molecule has 2 saturated heterocycles. The van der Waals surface area contributed by atoms with Crippen LogP contribution in [0.3, 0.4) is 0 Å². The summed E-state index contributed by atoms with van der Waals surface area (Å²) in [7, 11) is 1.88. The monoisotopic (exact) mass is 351 g/mol. The van der Waals surface area contributed by atoms with E-state index in [0.29, 0.717) is 13.1 Å². The molecule has 1 atom stereocenters. The van der Waals surface area contributed by atoms with Crippen LogP contribution in [0.15, 0.2) is 54.9 Å². The predicted octanol–water partition coefficient (Wildman–Crippen LogP) is 2.55. The van der Waals surface area contributed by atoms with Crippen LogP contribution in [0, 0.1) is 5.41 Å². The molecule has 2 amide bonds. The molecule has 1 spiro atoms. The molecule has 4 rings (SSSR count). The fourth-order valence-electron chi connectivity index (χ4n) is 4.38. The summed E-state index contributed by atoms with van der Waals surface area (Å²) in [5, 5.41) is 0. The Morgan fingerprint density at radius 3 is 2.15 bits per heavy atom. The number of amides is 2. The van der Waals surface area contributed by atoms with Gasteiger partial charge in [0.15, 0.2) is 0 Å². The molecule has 1 aromatic heterocycles. The number of piperidine rings is 1. The number of carbonyl (C=O) groups excluding carboxylic acids is 2. The maximum Gasteiger partial charge on any atom is 0.250 e. The minimum absolute atomic E-state index is 0.112. The third-order valence-corrected chi connectivity index (χ3v) is 6.03. The smallest absolute Gasteiger partial charge is 0.250 e. The van der Waals surface area contributed by atoms with Crippen molar-refractivity contribution in [2.75, 3.05) is 26.7 Å². The summed E-state index contributed by atoms with van der Waals surface area (Å²) in [6.45, 7) is 2.15. The van der Waals surface area contributed by atoms with Crippen LogP contribution in [0.5, 0.6) is 0 Å². The lowest BCUT2D eigenvalue weighted by Crippen LogP contribution is -2.48. The summed E-state index contributed by atoms with van der Waals surface area (Å²) >= 11 is 0. The lowest BCUT2D eigenvalue weighted by molar-refractivity contribution is -0.143. The summed E-state index contributed by atoms with van der Waals surface area (Å²) in [4.78, 5) is 29.7. The Kier molecular flexibility index (Phi) is 4.31. The minimum atomic E-state index is -0.345. The van der Waals surface area contributed by atoms with E-state index in [2.05, 4.69) is 0 Å². The first-order chi connectivity index (χ1) is 12.6. The van der Waals surface area contributed by atoms with Gasteiger partial charge in [0.25, 0.3) is 0 Å². The van der Waals surface area contributed by atoms with E-state index in [0.717, 1.165) is 31.4 Å². The van der Waals surface area contributed by atoms with E-state index in [4.69, 9.17) is 0 Å². The fourth-order valence-corrected chi connectivity index (χ4v) is 4.38. The number of nitrogens with zero attached hydrogens (tertiary/aromatic N) is 3. The molecule has 0 N–H and O–H groups in total. The Labute approximate surface area is 154 Å². The Bertz CT molecular complexity index is 777. The highest BCUT2D eigenvalue weighted by Crippen LogP contribution is 2.41. The molecule has 5 nitrogen and oxygen atoms in total. The summed E-state index contributed by atoms with van der Waals surface area (Å²) < 4.78 is 1.97. The number of likely N-dealkylation sites (tertiary alicyclic amines) is 2. The Morgan fingerprint density at radius 2 is 1.58 bits per heavy atom. The molecular formula is C21H25N3O2. The normalized spacial score (nSPS) is 20.6. The molecule has 0 saturated carbocycles. The fraction of sp³-hybridized carbons (Fsp3) is 0.429. The molecule has 2 fully saturated rings. The lowest BCUT2D eigenvalue weighted by Gasteiger charge is -2.39. The van der Waals surface area contributed by atoms with Crippen molar-refractivity contribution in [2.24, 2.45) is 5.41 Å². The van der Waals surface area contributed by atoms with E-state index in [1.807, 2.05) is 76.3 Å². The topological polar surface area (TPSA) is 45.5 Å². The van der Waals surface area contributed by atoms with Crippen LogP contribution in [0.4, 0.5) is 0 Å². The number of hydrogen-bond donors (Lipinski definition) is 0. The van der Waals surface area contributed by atoms with Gasteiger partial charge < -0.3 is 14.4 Å². The van der Waals surface area contributed by atoms with E-state index >= 15 is 0 Å². The maximum atomic E-state index is 13.4. The van der Waals surface area contributed by atoms with Gasteiger partial charge in [-0.15, -0.1) is 0 Å². The van der Waals surface area contributed by atoms with E-state index in [9.17, 15) is 9.59 Å². The van der Waals surface area contributed by atoms with E-state index in [1.165, 1.54) is 0 Å². The van der Waals surface area contributed by atoms with Crippen molar-refractivity contribution in [1.29, 1.82) is 0 Å². The van der Waals surface area contributed by atoms with Crippen LogP contribution >= 0.6 is 0 Å². The number of benzene rings is 1. The average Bonchev–Trinajstić information content (AvgIpc) is 3.29. The van der Waals surface area contributed by atoms with Gasteiger partial charge in [-0.05, 0) is 37.0 Å². The molecule has 3 heterocycles. The van der Waals surface area contributed by atoms with Crippen LogP contribution in [-0.2, 0) is 9.59 Å². The van der Waals surface area contributed by atoms with Gasteiger partial charge in [-0.1, -0.05) is 30.3 Å². The number of carbonyl (C=O) groups is 2. The molecule has 1 aromatic carbocycles. The third kappa shape index (κ3) is 2.81. The van der Waals surface area contributed by atoms with Crippen molar-refractivity contribution >= 4 is 11.8 Å². The van der Waals surface area contributed by atoms with Gasteiger partial charge in [-0.3, -0.25) is 9.59 Å². The first-order valence-electron chi connectivity index (χ1n) is 9.32. The van der Waals surface area contributed by atoms with E-state index < -0.39 is 0 Å². The standard InChI is InChI=1S/C21H25N3O2/c1-22-14-9-21(20(22)26)10-15-24(16-11-21)19(25)18(23-12-5-6-13-23)17-7-3-2-4-8-17/h2-8,12-13,18H,9-11,14-16H2,1H3. The van der Waals surface area contributed by atoms with Crippen LogP contribution < -0.4 is 0 Å². The second-order valence-electron chi connectivity index (χ2n) is 7.53. The zero-order valence-electron chi connectivity index (χ0n) is 15.2. The van der Waals surface area contributed by atoms with Gasteiger partial charge in [-0.2, -0.15) is 0 Å². The number of aromatic nitrogens is 1. The quantitative estimate of drug-likeness (QED) is 0.853. The molecular weight excluding hydrogens is 326 g/mol. The van der Waals surface area contributed by atoms with E-state index in [1.54, 1.807) is 0 Å². The van der Waals surface area contributed by atoms with E-state index in [-0.39, 0.29) is 23.3 Å². The van der Waals surface area contributed by atoms with Crippen LogP contribution in [0.1, 0.15) is 30.9 Å². The zero-order chi connectivity index (χ0) is 18.1. The van der Waals surface area contributed by atoms with Crippen molar-refractivity contribution in [3.8, 4) is 0 Å². The van der Waals surface area contributed by atoms with Crippen molar-refractivity contribution < 1.29 is 9.59 Å². The molecule has 0 radical (unpaired) electrons. The molecule has 1 unspecified atom stereocenters. The Morgan fingerprint density at radius 1 is 0.962 bits per heavy atom. The average molecular weight is 351 g/mol. The van der Waals surface area contributed by atoms with Crippen molar-refractivity contribution in [1.82, 2.24) is 14.4 Å². The van der Waals surface area contributed by atoms with Crippen molar-refractivity contribution in [3.05, 3.63) is 60.4 Å². The lowest BCUT2D eigenvalue weighted by atomic mass is 9.77. The molecule has 2 aliphatic heterocycles. The molecule has 2 aromatic rings. The molecule has 5 heteroatoms. The van der Waals surface area contributed by atoms with Gasteiger partial charge in [-0.25, -0.2) is 0 Å². The van der Waals surface area contributed by atoms with Gasteiger partial charge in [0.1, 0.15) is 6.04 Å². The van der Waals surface area contributed by atoms with Gasteiger partial charge in [0, 0.05) is 39.1 Å². The first-order valence-corrected chi connectivity index (χ1v) is 9.32. The molecule has 26 heavy (non-hydrogen) atoms. The number of rotatable bonds is 3. The highest BCUT2D eigenvalue weighted by Gasteiger charge is 2.47. The molecule has 0 bridgehead atoms. The Hall–Kier alpha value is -2.56.